The first-order valence-electron chi connectivity index (χ1n) is 6.20. The maximum absolute atomic E-state index is 11.8. The van der Waals surface area contributed by atoms with Crippen molar-refractivity contribution in [3.63, 3.8) is 0 Å². The molecule has 1 fully saturated rings. The first-order valence-corrected chi connectivity index (χ1v) is 7.75. The Bertz CT molecular complexity index is 587. The van der Waals surface area contributed by atoms with Gasteiger partial charge in [0.2, 0.25) is 10.0 Å². The van der Waals surface area contributed by atoms with E-state index in [4.69, 9.17) is 9.56 Å². The third kappa shape index (κ3) is 3.36. The minimum atomic E-state index is -3.85. The number of aryl methyl sites for hydroxylation is 1. The number of carbonyl (C=O) groups excluding carboxylic acids is 1. The van der Waals surface area contributed by atoms with Crippen LogP contribution < -0.4 is 10.5 Å². The van der Waals surface area contributed by atoms with Crippen LogP contribution in [-0.2, 0) is 10.0 Å². The van der Waals surface area contributed by atoms with Crippen LogP contribution in [-0.4, -0.2) is 20.9 Å². The van der Waals surface area contributed by atoms with E-state index in [1.165, 1.54) is 25.8 Å². The van der Waals surface area contributed by atoms with Crippen molar-refractivity contribution < 1.29 is 17.6 Å². The number of nitrogens with one attached hydrogen (secondary N) is 1. The van der Waals surface area contributed by atoms with Gasteiger partial charge in [-0.1, -0.05) is 6.92 Å². The molecule has 3 N–H and O–H groups in total. The van der Waals surface area contributed by atoms with Crippen LogP contribution in [0.1, 0.15) is 36.1 Å². The zero-order chi connectivity index (χ0) is 14.2. The summed E-state index contributed by atoms with van der Waals surface area (Å²) in [6, 6.07) is 1.17. The van der Waals surface area contributed by atoms with Gasteiger partial charge in [0.05, 0.1) is 0 Å². The first kappa shape index (κ1) is 14.1. The van der Waals surface area contributed by atoms with Crippen molar-refractivity contribution in [2.24, 2.45) is 17.0 Å². The van der Waals surface area contributed by atoms with E-state index in [9.17, 15) is 13.2 Å². The molecule has 0 aliphatic heterocycles. The molecule has 0 saturated heterocycles. The van der Waals surface area contributed by atoms with Crippen molar-refractivity contribution in [1.82, 2.24) is 5.32 Å². The van der Waals surface area contributed by atoms with E-state index in [0.717, 1.165) is 0 Å². The first-order chi connectivity index (χ1) is 8.79. The Hall–Kier alpha value is -1.34. The molecule has 1 saturated carbocycles. The summed E-state index contributed by atoms with van der Waals surface area (Å²) in [5.74, 6) is 0.814. The fraction of sp³-hybridized carbons (Fsp3) is 0.583. The molecule has 1 aliphatic rings. The lowest BCUT2D eigenvalue weighted by atomic mass is 10.1. The molecule has 1 aromatic rings. The average Bonchev–Trinajstić information content (AvgIpc) is 3.07. The van der Waals surface area contributed by atoms with Crippen LogP contribution in [0.3, 0.4) is 0 Å². The lowest BCUT2D eigenvalue weighted by Crippen LogP contribution is -2.28. The van der Waals surface area contributed by atoms with Gasteiger partial charge in [-0.2, -0.15) is 0 Å². The summed E-state index contributed by atoms with van der Waals surface area (Å²) in [6.07, 6.45) is 2.43. The second-order valence-corrected chi connectivity index (χ2v) is 6.63. The average molecular weight is 286 g/mol. The van der Waals surface area contributed by atoms with Crippen LogP contribution in [0.4, 0.5) is 0 Å². The third-order valence-electron chi connectivity index (χ3n) is 3.41. The minimum absolute atomic E-state index is 0.0236. The number of sulfonamides is 1. The van der Waals surface area contributed by atoms with Gasteiger partial charge in [0.25, 0.3) is 5.91 Å². The lowest BCUT2D eigenvalue weighted by molar-refractivity contribution is 0.0917. The summed E-state index contributed by atoms with van der Waals surface area (Å²) >= 11 is 0. The summed E-state index contributed by atoms with van der Waals surface area (Å²) in [5, 5.41) is 7.77. The van der Waals surface area contributed by atoms with Gasteiger partial charge in [0.1, 0.15) is 10.7 Å². The van der Waals surface area contributed by atoms with Gasteiger partial charge in [-0.3, -0.25) is 4.79 Å². The molecule has 1 amide bonds. The standard InChI is InChI=1S/C12H18N2O4S/c1-7(9-3-4-9)6-14-12(15)10-5-11(8(2)18-10)19(13,16)17/h5,7,9H,3-4,6H2,1-2H3,(H,14,15)(H2,13,16,17). The SMILES string of the molecule is Cc1oc(C(=O)NCC(C)C2CC2)cc1S(N)(=O)=O. The summed E-state index contributed by atoms with van der Waals surface area (Å²) < 4.78 is 27.6. The molecule has 1 aliphatic carbocycles. The number of hydrogen-bond acceptors (Lipinski definition) is 4. The molecule has 0 spiro atoms. The van der Waals surface area contributed by atoms with Gasteiger partial charge in [-0.05, 0) is 31.6 Å². The highest BCUT2D eigenvalue weighted by atomic mass is 32.2. The van der Waals surface area contributed by atoms with Crippen LogP contribution >= 0.6 is 0 Å². The zero-order valence-corrected chi connectivity index (χ0v) is 11.8. The largest absolute Gasteiger partial charge is 0.455 e. The molecule has 0 radical (unpaired) electrons. The van der Waals surface area contributed by atoms with E-state index in [1.54, 1.807) is 0 Å². The second kappa shape index (κ2) is 4.97. The fourth-order valence-corrected chi connectivity index (χ4v) is 2.75. The van der Waals surface area contributed by atoms with Crippen molar-refractivity contribution in [3.8, 4) is 0 Å². The molecule has 0 bridgehead atoms. The maximum atomic E-state index is 11.8. The fourth-order valence-electron chi connectivity index (χ4n) is 2.03. The van der Waals surface area contributed by atoms with Crippen molar-refractivity contribution in [1.29, 1.82) is 0 Å². The molecule has 1 heterocycles. The summed E-state index contributed by atoms with van der Waals surface area (Å²) in [5.41, 5.74) is 0. The number of rotatable bonds is 5. The van der Waals surface area contributed by atoms with Crippen molar-refractivity contribution in [2.45, 2.75) is 31.6 Å². The molecule has 1 aromatic heterocycles. The molecule has 2 rings (SSSR count). The number of hydrogen-bond donors (Lipinski definition) is 2. The van der Waals surface area contributed by atoms with Crippen molar-refractivity contribution in [3.05, 3.63) is 17.6 Å². The predicted molar refractivity (Wildman–Crippen MR) is 69.0 cm³/mol. The molecule has 6 nitrogen and oxygen atoms in total. The molecule has 106 valence electrons. The number of nitrogens with two attached hydrogens (primary N) is 1. The van der Waals surface area contributed by atoms with Crippen LogP contribution in [0.5, 0.6) is 0 Å². The summed E-state index contributed by atoms with van der Waals surface area (Å²) in [7, 11) is -3.85. The van der Waals surface area contributed by atoms with Crippen molar-refractivity contribution in [2.75, 3.05) is 6.54 Å². The van der Waals surface area contributed by atoms with E-state index >= 15 is 0 Å². The zero-order valence-electron chi connectivity index (χ0n) is 11.0. The van der Waals surface area contributed by atoms with Gasteiger partial charge >= 0.3 is 0 Å². The summed E-state index contributed by atoms with van der Waals surface area (Å²) in [6.45, 7) is 4.11. The molecule has 19 heavy (non-hydrogen) atoms. The van der Waals surface area contributed by atoms with Gasteiger partial charge in [-0.15, -0.1) is 0 Å². The van der Waals surface area contributed by atoms with E-state index < -0.39 is 15.9 Å². The Balaban J connectivity index is 2.03. The number of furan rings is 1. The van der Waals surface area contributed by atoms with Crippen LogP contribution in [0, 0.1) is 18.8 Å². The molecule has 0 aromatic carbocycles. The highest BCUT2D eigenvalue weighted by molar-refractivity contribution is 7.89. The predicted octanol–water partition coefficient (Wildman–Crippen LogP) is 1.01. The Morgan fingerprint density at radius 3 is 2.68 bits per heavy atom. The Labute approximate surface area is 112 Å². The Morgan fingerprint density at radius 2 is 2.21 bits per heavy atom. The molecule has 1 unspecified atom stereocenters. The molecule has 7 heteroatoms. The Morgan fingerprint density at radius 1 is 1.58 bits per heavy atom. The number of primary sulfonamides is 1. The highest BCUT2D eigenvalue weighted by Crippen LogP contribution is 2.36. The van der Waals surface area contributed by atoms with Crippen molar-refractivity contribution >= 4 is 15.9 Å². The quantitative estimate of drug-likeness (QED) is 0.843. The smallest absolute Gasteiger partial charge is 0.287 e. The normalized spacial score (nSPS) is 17.2. The van der Waals surface area contributed by atoms with E-state index in [1.807, 2.05) is 0 Å². The highest BCUT2D eigenvalue weighted by Gasteiger charge is 2.28. The van der Waals surface area contributed by atoms with E-state index in [0.29, 0.717) is 18.4 Å². The van der Waals surface area contributed by atoms with Crippen LogP contribution in [0.25, 0.3) is 0 Å². The van der Waals surface area contributed by atoms with Crippen LogP contribution in [0.2, 0.25) is 0 Å². The molecule has 1 atom stereocenters. The number of carbonyl (C=O) groups is 1. The third-order valence-corrected chi connectivity index (χ3v) is 4.43. The summed E-state index contributed by atoms with van der Waals surface area (Å²) in [4.78, 5) is 11.7. The van der Waals surface area contributed by atoms with Gasteiger partial charge in [0.15, 0.2) is 5.76 Å². The van der Waals surface area contributed by atoms with Gasteiger partial charge in [0, 0.05) is 12.6 Å². The van der Waals surface area contributed by atoms with Gasteiger partial charge in [-0.25, -0.2) is 13.6 Å². The molecular formula is C12H18N2O4S. The Kier molecular flexibility index (Phi) is 3.69. The van der Waals surface area contributed by atoms with E-state index in [-0.39, 0.29) is 16.4 Å². The van der Waals surface area contributed by atoms with Crippen LogP contribution in [0.15, 0.2) is 15.4 Å². The number of amides is 1. The molecular weight excluding hydrogens is 268 g/mol. The maximum Gasteiger partial charge on any atom is 0.287 e. The lowest BCUT2D eigenvalue weighted by Gasteiger charge is -2.09. The topological polar surface area (TPSA) is 102 Å². The van der Waals surface area contributed by atoms with Gasteiger partial charge < -0.3 is 9.73 Å². The minimum Gasteiger partial charge on any atom is -0.455 e. The second-order valence-electron chi connectivity index (χ2n) is 5.10. The van der Waals surface area contributed by atoms with E-state index in [2.05, 4.69) is 12.2 Å². The monoisotopic (exact) mass is 286 g/mol.